The molecule has 3 aliphatic carbocycles. The number of ether oxygens (including phenoxy) is 1. The maximum atomic E-state index is 15.4. The Labute approximate surface area is 244 Å². The molecule has 3 saturated carbocycles. The van der Waals surface area contributed by atoms with E-state index in [9.17, 15) is 13.2 Å². The molecule has 0 saturated heterocycles. The van der Waals surface area contributed by atoms with Crippen LogP contribution in [0.4, 0.5) is 17.6 Å². The molecule has 2 aromatic carbocycles. The van der Waals surface area contributed by atoms with Crippen LogP contribution < -0.4 is 4.74 Å². The first-order chi connectivity index (χ1) is 19.8. The summed E-state index contributed by atoms with van der Waals surface area (Å²) in [4.78, 5) is 0. The monoisotopic (exact) mass is 572 g/mol. The van der Waals surface area contributed by atoms with Crippen molar-refractivity contribution in [2.45, 2.75) is 134 Å². The van der Waals surface area contributed by atoms with Gasteiger partial charge in [0, 0.05) is 0 Å². The Morgan fingerprint density at radius 3 is 1.78 bits per heavy atom. The minimum absolute atomic E-state index is 0.0527. The molecular weight excluding hydrogens is 524 g/mol. The summed E-state index contributed by atoms with van der Waals surface area (Å²) >= 11 is 0. The van der Waals surface area contributed by atoms with Crippen molar-refractivity contribution in [3.8, 4) is 5.75 Å². The molecular formula is C36H48F4O. The average molecular weight is 573 g/mol. The van der Waals surface area contributed by atoms with Crippen LogP contribution in [0.1, 0.15) is 144 Å². The Morgan fingerprint density at radius 2 is 1.20 bits per heavy atom. The van der Waals surface area contributed by atoms with Gasteiger partial charge in [-0.15, -0.1) is 13.2 Å². The van der Waals surface area contributed by atoms with Crippen molar-refractivity contribution in [2.24, 2.45) is 17.8 Å². The van der Waals surface area contributed by atoms with E-state index in [0.717, 1.165) is 54.6 Å². The zero-order valence-corrected chi connectivity index (χ0v) is 24.7. The highest BCUT2D eigenvalue weighted by molar-refractivity contribution is 5.32. The van der Waals surface area contributed by atoms with Gasteiger partial charge in [0.05, 0.1) is 0 Å². The first-order valence-electron chi connectivity index (χ1n) is 16.4. The summed E-state index contributed by atoms with van der Waals surface area (Å²) in [5, 5.41) is 0. The van der Waals surface area contributed by atoms with Crippen molar-refractivity contribution in [3.63, 3.8) is 0 Å². The second-order valence-electron chi connectivity index (χ2n) is 13.3. The molecule has 0 radical (unpaired) electrons. The fourth-order valence-corrected chi connectivity index (χ4v) is 8.36. The largest absolute Gasteiger partial charge is 0.573 e. The first-order valence-corrected chi connectivity index (χ1v) is 16.4. The van der Waals surface area contributed by atoms with Crippen molar-refractivity contribution in [1.29, 1.82) is 0 Å². The highest BCUT2D eigenvalue weighted by Crippen LogP contribution is 2.46. The lowest BCUT2D eigenvalue weighted by Gasteiger charge is -2.38. The van der Waals surface area contributed by atoms with Crippen LogP contribution in [0, 0.1) is 23.6 Å². The fraction of sp³-hybridized carbons (Fsp3) is 0.667. The predicted octanol–water partition coefficient (Wildman–Crippen LogP) is 11.8. The van der Waals surface area contributed by atoms with Gasteiger partial charge in [0.15, 0.2) is 0 Å². The smallest absolute Gasteiger partial charge is 0.406 e. The third kappa shape index (κ3) is 8.29. The number of hydrogen-bond donors (Lipinski definition) is 0. The summed E-state index contributed by atoms with van der Waals surface area (Å²) in [5.41, 5.74) is 3.05. The van der Waals surface area contributed by atoms with E-state index in [1.54, 1.807) is 12.1 Å². The molecule has 0 amide bonds. The van der Waals surface area contributed by atoms with Crippen molar-refractivity contribution in [3.05, 3.63) is 65.0 Å². The van der Waals surface area contributed by atoms with Gasteiger partial charge in [-0.05, 0) is 135 Å². The normalized spacial score (nSPS) is 29.3. The molecule has 2 aromatic rings. The second kappa shape index (κ2) is 14.0. The molecule has 3 aliphatic rings. The van der Waals surface area contributed by atoms with E-state index in [4.69, 9.17) is 0 Å². The number of benzene rings is 2. The van der Waals surface area contributed by atoms with E-state index in [0.29, 0.717) is 11.8 Å². The molecule has 5 heteroatoms. The van der Waals surface area contributed by atoms with Crippen molar-refractivity contribution < 1.29 is 22.3 Å². The van der Waals surface area contributed by atoms with E-state index in [1.165, 1.54) is 94.7 Å². The zero-order valence-electron chi connectivity index (χ0n) is 24.7. The number of hydrogen-bond acceptors (Lipinski definition) is 1. The van der Waals surface area contributed by atoms with E-state index in [2.05, 4.69) is 17.7 Å². The molecule has 0 bridgehead atoms. The molecule has 3 fully saturated rings. The van der Waals surface area contributed by atoms with Crippen LogP contribution in [0.15, 0.2) is 42.5 Å². The summed E-state index contributed by atoms with van der Waals surface area (Å²) in [5.74, 6) is 3.50. The number of unbranched alkanes of at least 4 members (excludes halogenated alkanes) is 2. The van der Waals surface area contributed by atoms with Gasteiger partial charge in [0.1, 0.15) is 11.6 Å². The molecule has 0 atom stereocenters. The molecule has 1 nitrogen and oxygen atoms in total. The van der Waals surface area contributed by atoms with E-state index in [-0.39, 0.29) is 17.5 Å². The Hall–Kier alpha value is -2.04. The lowest BCUT2D eigenvalue weighted by Crippen LogP contribution is -2.25. The fourth-order valence-electron chi connectivity index (χ4n) is 8.36. The lowest BCUT2D eigenvalue weighted by molar-refractivity contribution is -0.274. The zero-order chi connectivity index (χ0) is 28.8. The third-order valence-corrected chi connectivity index (χ3v) is 10.8. The second-order valence-corrected chi connectivity index (χ2v) is 13.3. The summed E-state index contributed by atoms with van der Waals surface area (Å²) in [6.45, 7) is 2.29. The SMILES string of the molecule is CCCCCC1CCC(C2CCC(c3ccc(C4CCC(c5ccc(OC(F)(F)F)cc5)CC4)c(F)c3)CC2)CC1. The Balaban J connectivity index is 1.07. The van der Waals surface area contributed by atoms with Crippen molar-refractivity contribution >= 4 is 0 Å². The number of halogens is 4. The summed E-state index contributed by atoms with van der Waals surface area (Å²) in [6.07, 6.45) is 15.2. The molecule has 0 unspecified atom stereocenters. The van der Waals surface area contributed by atoms with Gasteiger partial charge >= 0.3 is 6.36 Å². The maximum Gasteiger partial charge on any atom is 0.573 e. The Morgan fingerprint density at radius 1 is 0.659 bits per heavy atom. The van der Waals surface area contributed by atoms with E-state index < -0.39 is 6.36 Å². The quantitative estimate of drug-likeness (QED) is 0.214. The van der Waals surface area contributed by atoms with Crippen LogP contribution in [-0.2, 0) is 0 Å². The van der Waals surface area contributed by atoms with Crippen LogP contribution in [0.3, 0.4) is 0 Å². The van der Waals surface area contributed by atoms with Crippen LogP contribution >= 0.6 is 0 Å². The van der Waals surface area contributed by atoms with Crippen LogP contribution in [0.5, 0.6) is 5.75 Å². The average Bonchev–Trinajstić information content (AvgIpc) is 2.97. The topological polar surface area (TPSA) is 9.23 Å². The van der Waals surface area contributed by atoms with Gasteiger partial charge in [-0.2, -0.15) is 0 Å². The number of rotatable bonds is 9. The lowest BCUT2D eigenvalue weighted by atomic mass is 9.68. The Bertz CT molecular complexity index is 1070. The summed E-state index contributed by atoms with van der Waals surface area (Å²) < 4.78 is 56.7. The van der Waals surface area contributed by atoms with Gasteiger partial charge in [-0.25, -0.2) is 4.39 Å². The van der Waals surface area contributed by atoms with E-state index in [1.807, 2.05) is 12.1 Å². The summed E-state index contributed by atoms with van der Waals surface area (Å²) in [7, 11) is 0. The van der Waals surface area contributed by atoms with Gasteiger partial charge in [-0.1, -0.05) is 69.7 Å². The number of alkyl halides is 3. The molecule has 0 spiro atoms. The highest BCUT2D eigenvalue weighted by atomic mass is 19.4. The van der Waals surface area contributed by atoms with Gasteiger partial charge < -0.3 is 4.74 Å². The first kappa shape index (κ1) is 30.4. The van der Waals surface area contributed by atoms with Crippen LogP contribution in [0.25, 0.3) is 0 Å². The standard InChI is InChI=1S/C36H48F4O/c1-2-3-4-5-25-6-8-26(9-7-25)27-10-12-30(13-11-27)32-20-23-34(35(37)24-32)31-16-14-28(15-17-31)29-18-21-33(22-19-29)41-36(38,39)40/h18-28,30-31H,2-17H2,1H3. The van der Waals surface area contributed by atoms with Gasteiger partial charge in [0.25, 0.3) is 0 Å². The van der Waals surface area contributed by atoms with Crippen molar-refractivity contribution in [1.82, 2.24) is 0 Å². The minimum atomic E-state index is -4.68. The Kier molecular flexibility index (Phi) is 10.4. The molecule has 5 rings (SSSR count). The molecule has 41 heavy (non-hydrogen) atoms. The minimum Gasteiger partial charge on any atom is -0.406 e. The molecule has 0 N–H and O–H groups in total. The van der Waals surface area contributed by atoms with Crippen molar-refractivity contribution in [2.75, 3.05) is 0 Å². The van der Waals surface area contributed by atoms with Crippen LogP contribution in [0.2, 0.25) is 0 Å². The molecule has 0 aromatic heterocycles. The molecule has 226 valence electrons. The van der Waals surface area contributed by atoms with E-state index >= 15 is 4.39 Å². The highest BCUT2D eigenvalue weighted by Gasteiger charge is 2.33. The molecule has 0 aliphatic heterocycles. The van der Waals surface area contributed by atoms with Gasteiger partial charge in [0.2, 0.25) is 0 Å². The molecule has 0 heterocycles. The summed E-state index contributed by atoms with van der Waals surface area (Å²) in [6, 6.07) is 12.3. The predicted molar refractivity (Wildman–Crippen MR) is 158 cm³/mol. The maximum absolute atomic E-state index is 15.4. The third-order valence-electron chi connectivity index (χ3n) is 10.8. The van der Waals surface area contributed by atoms with Crippen LogP contribution in [-0.4, -0.2) is 6.36 Å². The van der Waals surface area contributed by atoms with Gasteiger partial charge in [-0.3, -0.25) is 0 Å².